The molecule has 0 bridgehead atoms. The summed E-state index contributed by atoms with van der Waals surface area (Å²) in [6, 6.07) is 19.0. The number of alkyl halides is 1. The smallest absolute Gasteiger partial charge is 0.338 e. The van der Waals surface area contributed by atoms with Gasteiger partial charge in [0.05, 0.1) is 17.8 Å². The zero-order chi connectivity index (χ0) is 16.1. The Morgan fingerprint density at radius 3 is 2.39 bits per heavy atom. The summed E-state index contributed by atoms with van der Waals surface area (Å²) in [5.74, 6) is -0.331. The molecule has 1 aliphatic heterocycles. The van der Waals surface area contributed by atoms with Gasteiger partial charge < -0.3 is 9.47 Å². The Labute approximate surface area is 141 Å². The van der Waals surface area contributed by atoms with Crippen LogP contribution in [-0.2, 0) is 9.47 Å². The van der Waals surface area contributed by atoms with Gasteiger partial charge in [0.1, 0.15) is 6.61 Å². The Hall–Kier alpha value is -1.84. The molecule has 1 aliphatic rings. The van der Waals surface area contributed by atoms with E-state index in [-0.39, 0.29) is 30.2 Å². The number of esters is 1. The van der Waals surface area contributed by atoms with Crippen LogP contribution in [0.15, 0.2) is 60.7 Å². The highest BCUT2D eigenvalue weighted by molar-refractivity contribution is 6.20. The summed E-state index contributed by atoms with van der Waals surface area (Å²) < 4.78 is 11.4. The Kier molecular flexibility index (Phi) is 5.31. The highest BCUT2D eigenvalue weighted by Gasteiger charge is 2.30. The second kappa shape index (κ2) is 7.62. The van der Waals surface area contributed by atoms with Crippen LogP contribution in [0.25, 0.3) is 0 Å². The average Bonchev–Trinajstić information content (AvgIpc) is 2.61. The lowest BCUT2D eigenvalue weighted by Gasteiger charge is -2.33. The summed E-state index contributed by atoms with van der Waals surface area (Å²) in [5, 5.41) is 0.0226. The lowest BCUT2D eigenvalue weighted by molar-refractivity contribution is -0.0767. The van der Waals surface area contributed by atoms with Gasteiger partial charge in [-0.1, -0.05) is 48.5 Å². The maximum atomic E-state index is 12.0. The van der Waals surface area contributed by atoms with Crippen molar-refractivity contribution in [3.05, 3.63) is 71.8 Å². The summed E-state index contributed by atoms with van der Waals surface area (Å²) in [6.45, 7) is 0.223. The minimum absolute atomic E-state index is 0.0226. The van der Waals surface area contributed by atoms with E-state index in [9.17, 15) is 4.79 Å². The molecule has 120 valence electrons. The van der Waals surface area contributed by atoms with Gasteiger partial charge in [-0.3, -0.25) is 0 Å². The number of benzene rings is 2. The van der Waals surface area contributed by atoms with E-state index in [1.54, 1.807) is 12.1 Å². The third-order valence-corrected chi connectivity index (χ3v) is 4.28. The fourth-order valence-corrected chi connectivity index (χ4v) is 3.13. The summed E-state index contributed by atoms with van der Waals surface area (Å²) >= 11 is 6.37. The van der Waals surface area contributed by atoms with Gasteiger partial charge in [-0.05, 0) is 30.5 Å². The fraction of sp³-hybridized carbons (Fsp3) is 0.316. The Balaban J connectivity index is 1.58. The molecule has 0 aliphatic carbocycles. The molecule has 0 spiro atoms. The summed E-state index contributed by atoms with van der Waals surface area (Å²) in [5.41, 5.74) is 1.66. The largest absolute Gasteiger partial charge is 0.459 e. The van der Waals surface area contributed by atoms with Crippen molar-refractivity contribution in [2.24, 2.45) is 0 Å². The van der Waals surface area contributed by atoms with Crippen LogP contribution in [0.2, 0.25) is 0 Å². The van der Waals surface area contributed by atoms with Gasteiger partial charge >= 0.3 is 5.97 Å². The van der Waals surface area contributed by atoms with Gasteiger partial charge in [0.2, 0.25) is 0 Å². The van der Waals surface area contributed by atoms with E-state index < -0.39 is 0 Å². The molecule has 0 radical (unpaired) electrons. The predicted molar refractivity (Wildman–Crippen MR) is 89.7 cm³/mol. The second-order valence-electron chi connectivity index (χ2n) is 5.69. The van der Waals surface area contributed by atoms with Gasteiger partial charge in [-0.25, -0.2) is 4.79 Å². The lowest BCUT2D eigenvalue weighted by atomic mass is 9.98. The molecule has 3 atom stereocenters. The van der Waals surface area contributed by atoms with Crippen LogP contribution in [0.1, 0.15) is 34.9 Å². The van der Waals surface area contributed by atoms with Crippen LogP contribution < -0.4 is 0 Å². The standard InChI is InChI=1S/C19H19ClO3/c20-16-11-17(13-22-19(21)15-9-5-2-6-10-15)23-18(12-16)14-7-3-1-4-8-14/h1-10,16-18H,11-13H2/t16-,17-,18+/m1/s1. The van der Waals surface area contributed by atoms with E-state index in [2.05, 4.69) is 0 Å². The molecule has 2 aromatic rings. The van der Waals surface area contributed by atoms with E-state index in [0.717, 1.165) is 12.0 Å². The first-order valence-electron chi connectivity index (χ1n) is 7.79. The van der Waals surface area contributed by atoms with Gasteiger partial charge in [0.25, 0.3) is 0 Å². The van der Waals surface area contributed by atoms with Gasteiger partial charge in [0.15, 0.2) is 0 Å². The third-order valence-electron chi connectivity index (χ3n) is 3.93. The third kappa shape index (κ3) is 4.34. The Bertz CT molecular complexity index is 630. The topological polar surface area (TPSA) is 35.5 Å². The predicted octanol–water partition coefficient (Wildman–Crippen LogP) is 4.37. The first kappa shape index (κ1) is 16.0. The number of carbonyl (C=O) groups is 1. The van der Waals surface area contributed by atoms with Crippen molar-refractivity contribution in [2.45, 2.75) is 30.4 Å². The monoisotopic (exact) mass is 330 g/mol. The van der Waals surface area contributed by atoms with Crippen LogP contribution in [0.4, 0.5) is 0 Å². The molecule has 1 fully saturated rings. The van der Waals surface area contributed by atoms with E-state index in [1.807, 2.05) is 48.5 Å². The van der Waals surface area contributed by atoms with Crippen molar-refractivity contribution in [3.8, 4) is 0 Å². The summed E-state index contributed by atoms with van der Waals surface area (Å²) in [7, 11) is 0. The Morgan fingerprint density at radius 2 is 1.70 bits per heavy atom. The van der Waals surface area contributed by atoms with E-state index in [1.165, 1.54) is 0 Å². The number of halogens is 1. The molecule has 0 saturated carbocycles. The van der Waals surface area contributed by atoms with Crippen LogP contribution in [-0.4, -0.2) is 24.1 Å². The Morgan fingerprint density at radius 1 is 1.04 bits per heavy atom. The van der Waals surface area contributed by atoms with Crippen molar-refractivity contribution in [1.82, 2.24) is 0 Å². The van der Waals surface area contributed by atoms with Crippen LogP contribution in [0, 0.1) is 0 Å². The molecular formula is C19H19ClO3. The molecule has 4 heteroatoms. The van der Waals surface area contributed by atoms with Crippen molar-refractivity contribution < 1.29 is 14.3 Å². The van der Waals surface area contributed by atoms with Crippen LogP contribution >= 0.6 is 11.6 Å². The quantitative estimate of drug-likeness (QED) is 0.617. The minimum atomic E-state index is -0.331. The van der Waals surface area contributed by atoms with Gasteiger partial charge in [-0.2, -0.15) is 0 Å². The second-order valence-corrected chi connectivity index (χ2v) is 6.31. The zero-order valence-corrected chi connectivity index (χ0v) is 13.5. The molecule has 1 saturated heterocycles. The van der Waals surface area contributed by atoms with Crippen LogP contribution in [0.5, 0.6) is 0 Å². The number of ether oxygens (including phenoxy) is 2. The first-order valence-corrected chi connectivity index (χ1v) is 8.22. The molecule has 0 unspecified atom stereocenters. The van der Waals surface area contributed by atoms with Crippen molar-refractivity contribution in [1.29, 1.82) is 0 Å². The minimum Gasteiger partial charge on any atom is -0.459 e. The maximum Gasteiger partial charge on any atom is 0.338 e. The van der Waals surface area contributed by atoms with Crippen LogP contribution in [0.3, 0.4) is 0 Å². The average molecular weight is 331 g/mol. The highest BCUT2D eigenvalue weighted by Crippen LogP contribution is 2.34. The zero-order valence-electron chi connectivity index (χ0n) is 12.7. The molecule has 23 heavy (non-hydrogen) atoms. The highest BCUT2D eigenvalue weighted by atomic mass is 35.5. The maximum absolute atomic E-state index is 12.0. The first-order chi connectivity index (χ1) is 11.2. The number of carbonyl (C=O) groups excluding carboxylic acids is 1. The van der Waals surface area contributed by atoms with E-state index >= 15 is 0 Å². The molecule has 1 heterocycles. The molecule has 0 amide bonds. The van der Waals surface area contributed by atoms with Crippen molar-refractivity contribution in [2.75, 3.05) is 6.61 Å². The SMILES string of the molecule is O=C(OC[C@H]1C[C@@H](Cl)C[C@@H](c2ccccc2)O1)c1ccccc1. The molecule has 2 aromatic carbocycles. The van der Waals surface area contributed by atoms with E-state index in [0.29, 0.717) is 12.0 Å². The normalized spacial score (nSPS) is 24.1. The fourth-order valence-electron chi connectivity index (χ4n) is 2.77. The molecular weight excluding hydrogens is 312 g/mol. The molecule has 0 N–H and O–H groups in total. The molecule has 3 nitrogen and oxygen atoms in total. The number of hydrogen-bond acceptors (Lipinski definition) is 3. The van der Waals surface area contributed by atoms with Crippen molar-refractivity contribution in [3.63, 3.8) is 0 Å². The summed E-state index contributed by atoms with van der Waals surface area (Å²) in [4.78, 5) is 12.0. The van der Waals surface area contributed by atoms with Gasteiger partial charge in [0, 0.05) is 5.38 Å². The van der Waals surface area contributed by atoms with Gasteiger partial charge in [-0.15, -0.1) is 11.6 Å². The lowest BCUT2D eigenvalue weighted by Crippen LogP contribution is -2.33. The molecule has 0 aromatic heterocycles. The number of hydrogen-bond donors (Lipinski definition) is 0. The summed E-state index contributed by atoms with van der Waals surface area (Å²) in [6.07, 6.45) is 1.23. The van der Waals surface area contributed by atoms with Crippen molar-refractivity contribution >= 4 is 17.6 Å². The molecule has 3 rings (SSSR count). The number of rotatable bonds is 4. The van der Waals surface area contributed by atoms with E-state index in [4.69, 9.17) is 21.1 Å².